The van der Waals surface area contributed by atoms with E-state index >= 15 is 0 Å². The van der Waals surface area contributed by atoms with E-state index in [2.05, 4.69) is 16.0 Å². The number of carbonyl (C=O) groups is 2. The van der Waals surface area contributed by atoms with Gasteiger partial charge in [0, 0.05) is 32.5 Å². The van der Waals surface area contributed by atoms with Crippen LogP contribution in [-0.2, 0) is 24.4 Å². The van der Waals surface area contributed by atoms with Crippen LogP contribution in [0.15, 0.2) is 61.1 Å². The zero-order valence-corrected chi connectivity index (χ0v) is 16.9. The van der Waals surface area contributed by atoms with Crippen molar-refractivity contribution in [2.45, 2.75) is 19.7 Å². The molecule has 0 atom stereocenters. The fraction of sp³-hybridized carbons (Fsp3) is 0.174. The number of hydrogen-bond acceptors (Lipinski definition) is 6. The molecule has 0 radical (unpaired) electrons. The van der Waals surface area contributed by atoms with Crippen LogP contribution < -0.4 is 4.90 Å². The van der Waals surface area contributed by atoms with E-state index in [0.29, 0.717) is 24.3 Å². The minimum Gasteiger partial charge on any atom is -0.456 e. The lowest BCUT2D eigenvalue weighted by atomic mass is 10.1. The third kappa shape index (κ3) is 4.36. The van der Waals surface area contributed by atoms with Gasteiger partial charge in [-0.1, -0.05) is 12.1 Å². The molecule has 0 saturated carbocycles. The maximum atomic E-state index is 12.8. The number of rotatable bonds is 5. The fourth-order valence-electron chi connectivity index (χ4n) is 3.35. The first-order valence-electron chi connectivity index (χ1n) is 9.62. The maximum absolute atomic E-state index is 12.8. The van der Waals surface area contributed by atoms with E-state index < -0.39 is 5.97 Å². The summed E-state index contributed by atoms with van der Waals surface area (Å²) in [7, 11) is 1.68. The van der Waals surface area contributed by atoms with Crippen LogP contribution in [0.4, 0.5) is 10.5 Å². The fourth-order valence-corrected chi connectivity index (χ4v) is 3.35. The van der Waals surface area contributed by atoms with Crippen molar-refractivity contribution < 1.29 is 14.3 Å². The molecule has 31 heavy (non-hydrogen) atoms. The largest absolute Gasteiger partial charge is 0.456 e. The molecular weight excluding hydrogens is 394 g/mol. The number of aromatic nitrogens is 2. The Morgan fingerprint density at radius 2 is 1.90 bits per heavy atom. The van der Waals surface area contributed by atoms with E-state index in [4.69, 9.17) is 10.00 Å². The minimum absolute atomic E-state index is 0.128. The molecule has 2 amide bonds. The van der Waals surface area contributed by atoms with Crippen molar-refractivity contribution in [1.82, 2.24) is 14.9 Å². The average Bonchev–Trinajstić information content (AvgIpc) is 2.81. The normalized spacial score (nSPS) is 12.8. The van der Waals surface area contributed by atoms with Crippen LogP contribution in [0.1, 0.15) is 32.7 Å². The third-order valence-electron chi connectivity index (χ3n) is 5.03. The molecule has 0 aliphatic carbocycles. The lowest BCUT2D eigenvalue weighted by Gasteiger charge is -2.35. The molecule has 0 spiro atoms. The number of ether oxygens (including phenoxy) is 1. The highest BCUT2D eigenvalue weighted by atomic mass is 16.5. The van der Waals surface area contributed by atoms with Gasteiger partial charge in [-0.3, -0.25) is 9.88 Å². The molecule has 2 aromatic heterocycles. The molecule has 0 fully saturated rings. The molecule has 1 aliphatic heterocycles. The van der Waals surface area contributed by atoms with Crippen LogP contribution in [0.25, 0.3) is 0 Å². The Labute approximate surface area is 179 Å². The lowest BCUT2D eigenvalue weighted by molar-refractivity contribution is 0.0465. The van der Waals surface area contributed by atoms with Crippen LogP contribution in [0.5, 0.6) is 0 Å². The van der Waals surface area contributed by atoms with Crippen molar-refractivity contribution in [3.63, 3.8) is 0 Å². The number of esters is 1. The van der Waals surface area contributed by atoms with E-state index in [1.807, 2.05) is 12.1 Å². The number of hydrogen-bond donors (Lipinski definition) is 0. The first-order valence-corrected chi connectivity index (χ1v) is 9.62. The summed E-state index contributed by atoms with van der Waals surface area (Å²) in [4.78, 5) is 36.5. The lowest BCUT2D eigenvalue weighted by Crippen LogP contribution is -2.44. The Morgan fingerprint density at radius 1 is 1.16 bits per heavy atom. The summed E-state index contributed by atoms with van der Waals surface area (Å²) in [5.41, 5.74) is 3.97. The molecule has 3 aromatic rings. The number of urea groups is 1. The minimum atomic E-state index is -0.530. The van der Waals surface area contributed by atoms with Gasteiger partial charge in [0.1, 0.15) is 12.3 Å². The maximum Gasteiger partial charge on any atom is 0.357 e. The highest BCUT2D eigenvalue weighted by Gasteiger charge is 2.29. The molecule has 1 aliphatic rings. The number of carbonyl (C=O) groups excluding carboxylic acids is 2. The molecule has 154 valence electrons. The van der Waals surface area contributed by atoms with Crippen LogP contribution in [0.3, 0.4) is 0 Å². The Hall–Kier alpha value is -4.25. The smallest absolute Gasteiger partial charge is 0.357 e. The zero-order valence-electron chi connectivity index (χ0n) is 16.9. The number of nitrogens with zero attached hydrogens (tertiary/aromatic N) is 5. The van der Waals surface area contributed by atoms with Crippen molar-refractivity contribution in [3.8, 4) is 6.07 Å². The van der Waals surface area contributed by atoms with Crippen LogP contribution in [-0.4, -0.2) is 33.9 Å². The summed E-state index contributed by atoms with van der Waals surface area (Å²) in [6, 6.07) is 14.2. The van der Waals surface area contributed by atoms with Crippen LogP contribution >= 0.6 is 0 Å². The second-order valence-corrected chi connectivity index (χ2v) is 7.14. The summed E-state index contributed by atoms with van der Waals surface area (Å²) in [5, 5.41) is 8.94. The third-order valence-corrected chi connectivity index (χ3v) is 5.03. The van der Waals surface area contributed by atoms with Gasteiger partial charge in [-0.05, 0) is 47.0 Å². The molecule has 0 unspecified atom stereocenters. The number of amides is 2. The first kappa shape index (κ1) is 20.0. The first-order chi connectivity index (χ1) is 15.0. The standard InChI is InChI=1S/C23H19N5O3/c1-27-21-12-26-20(22(29)31-15-18-6-8-25-9-7-18)10-19(21)14-28(23(27)30)13-17-4-2-16(11-24)3-5-17/h2-10,12H,13-15H2,1H3. The molecule has 4 rings (SSSR count). The predicted molar refractivity (Wildman–Crippen MR) is 112 cm³/mol. The molecular formula is C23H19N5O3. The van der Waals surface area contributed by atoms with Crippen LogP contribution in [0, 0.1) is 11.3 Å². The second kappa shape index (κ2) is 8.63. The second-order valence-electron chi connectivity index (χ2n) is 7.14. The van der Waals surface area contributed by atoms with E-state index in [1.165, 1.54) is 11.1 Å². The number of fused-ring (bicyclic) bond motifs is 1. The summed E-state index contributed by atoms with van der Waals surface area (Å²) in [6.07, 6.45) is 4.79. The topological polar surface area (TPSA) is 99.4 Å². The molecule has 8 nitrogen and oxygen atoms in total. The number of anilines is 1. The average molecular weight is 413 g/mol. The van der Waals surface area contributed by atoms with Gasteiger partial charge in [-0.15, -0.1) is 0 Å². The van der Waals surface area contributed by atoms with E-state index in [0.717, 1.165) is 16.7 Å². The molecule has 3 heterocycles. The summed E-state index contributed by atoms with van der Waals surface area (Å²) in [6.45, 7) is 0.855. The van der Waals surface area contributed by atoms with Crippen molar-refractivity contribution in [2.75, 3.05) is 11.9 Å². The Bertz CT molecular complexity index is 1160. The summed E-state index contributed by atoms with van der Waals surface area (Å²) >= 11 is 0. The Balaban J connectivity index is 1.50. The van der Waals surface area contributed by atoms with Crippen molar-refractivity contribution >= 4 is 17.7 Å². The number of nitriles is 1. The SMILES string of the molecule is CN1C(=O)N(Cc2ccc(C#N)cc2)Cc2cc(C(=O)OCc3ccncc3)ncc21. The van der Waals surface area contributed by atoms with Gasteiger partial charge in [0.2, 0.25) is 0 Å². The molecule has 0 N–H and O–H groups in total. The number of benzene rings is 1. The van der Waals surface area contributed by atoms with Gasteiger partial charge in [-0.2, -0.15) is 5.26 Å². The highest BCUT2D eigenvalue weighted by Crippen LogP contribution is 2.28. The summed E-state index contributed by atoms with van der Waals surface area (Å²) in [5.74, 6) is -0.530. The van der Waals surface area contributed by atoms with E-state index in [-0.39, 0.29) is 18.3 Å². The van der Waals surface area contributed by atoms with Crippen molar-refractivity contribution in [1.29, 1.82) is 5.26 Å². The van der Waals surface area contributed by atoms with E-state index in [9.17, 15) is 9.59 Å². The number of pyridine rings is 2. The molecule has 8 heteroatoms. The van der Waals surface area contributed by atoms with Crippen LogP contribution in [0.2, 0.25) is 0 Å². The van der Waals surface area contributed by atoms with Gasteiger partial charge in [0.25, 0.3) is 0 Å². The van der Waals surface area contributed by atoms with Gasteiger partial charge >= 0.3 is 12.0 Å². The monoisotopic (exact) mass is 413 g/mol. The quantitative estimate of drug-likeness (QED) is 0.595. The Kier molecular flexibility index (Phi) is 5.58. The summed E-state index contributed by atoms with van der Waals surface area (Å²) < 4.78 is 5.35. The molecule has 0 bridgehead atoms. The zero-order chi connectivity index (χ0) is 21.8. The predicted octanol–water partition coefficient (Wildman–Crippen LogP) is 3.28. The van der Waals surface area contributed by atoms with Gasteiger partial charge in [0.15, 0.2) is 0 Å². The van der Waals surface area contributed by atoms with Crippen molar-refractivity contribution in [3.05, 3.63) is 89.0 Å². The van der Waals surface area contributed by atoms with Gasteiger partial charge in [0.05, 0.1) is 23.5 Å². The molecule has 0 saturated heterocycles. The molecule has 1 aromatic carbocycles. The highest BCUT2D eigenvalue weighted by molar-refractivity contribution is 5.95. The van der Waals surface area contributed by atoms with E-state index in [1.54, 1.807) is 54.7 Å². The Morgan fingerprint density at radius 3 is 2.61 bits per heavy atom. The van der Waals surface area contributed by atoms with Crippen molar-refractivity contribution in [2.24, 2.45) is 0 Å². The van der Waals surface area contributed by atoms with Gasteiger partial charge < -0.3 is 9.64 Å². The van der Waals surface area contributed by atoms with Gasteiger partial charge in [-0.25, -0.2) is 14.6 Å².